The Morgan fingerprint density at radius 1 is 0.864 bits per heavy atom. The molecule has 0 atom stereocenters. The SMILES string of the molecule is CN(C)c1ncc(/C=C/C=C/C=C/c2cc[n+](C)cc2)cn1. The van der Waals surface area contributed by atoms with E-state index in [9.17, 15) is 0 Å². The Hall–Kier alpha value is -2.75. The minimum absolute atomic E-state index is 0.715. The molecule has 22 heavy (non-hydrogen) atoms. The van der Waals surface area contributed by atoms with Crippen LogP contribution in [0.15, 0.2) is 61.2 Å². The van der Waals surface area contributed by atoms with E-state index in [1.807, 2.05) is 85.8 Å². The zero-order valence-corrected chi connectivity index (χ0v) is 13.2. The lowest BCUT2D eigenvalue weighted by Crippen LogP contribution is -2.25. The molecule has 0 aliphatic carbocycles. The predicted molar refractivity (Wildman–Crippen MR) is 91.2 cm³/mol. The van der Waals surface area contributed by atoms with E-state index in [1.165, 1.54) is 5.56 Å². The van der Waals surface area contributed by atoms with Crippen molar-refractivity contribution in [3.63, 3.8) is 0 Å². The maximum atomic E-state index is 4.26. The molecule has 0 bridgehead atoms. The maximum Gasteiger partial charge on any atom is 0.224 e. The van der Waals surface area contributed by atoms with Crippen molar-refractivity contribution in [3.05, 3.63) is 72.4 Å². The molecule has 2 aromatic heterocycles. The van der Waals surface area contributed by atoms with Crippen LogP contribution in [-0.4, -0.2) is 24.1 Å². The lowest BCUT2D eigenvalue weighted by Gasteiger charge is -2.08. The molecule has 0 aliphatic heterocycles. The zero-order valence-electron chi connectivity index (χ0n) is 13.2. The van der Waals surface area contributed by atoms with Gasteiger partial charge >= 0.3 is 0 Å². The summed E-state index contributed by atoms with van der Waals surface area (Å²) >= 11 is 0. The molecule has 4 nitrogen and oxygen atoms in total. The molecule has 2 heterocycles. The third-order valence-corrected chi connectivity index (χ3v) is 2.97. The van der Waals surface area contributed by atoms with Crippen LogP contribution < -0.4 is 9.47 Å². The average Bonchev–Trinajstić information content (AvgIpc) is 2.53. The molecule has 0 aromatic carbocycles. The van der Waals surface area contributed by atoms with Gasteiger partial charge in [-0.2, -0.15) is 0 Å². The number of nitrogens with zero attached hydrogens (tertiary/aromatic N) is 4. The van der Waals surface area contributed by atoms with E-state index in [2.05, 4.69) is 28.2 Å². The van der Waals surface area contributed by atoms with Crippen LogP contribution >= 0.6 is 0 Å². The van der Waals surface area contributed by atoms with Gasteiger partial charge in [0.2, 0.25) is 5.95 Å². The Labute approximate surface area is 131 Å². The molecule has 0 spiro atoms. The summed E-state index contributed by atoms with van der Waals surface area (Å²) in [5.41, 5.74) is 2.16. The van der Waals surface area contributed by atoms with E-state index in [0.29, 0.717) is 5.95 Å². The van der Waals surface area contributed by atoms with E-state index in [1.54, 1.807) is 0 Å². The molecule has 0 radical (unpaired) electrons. The molecule has 0 N–H and O–H groups in total. The fourth-order valence-corrected chi connectivity index (χ4v) is 1.73. The van der Waals surface area contributed by atoms with Gasteiger partial charge in [0.1, 0.15) is 7.05 Å². The highest BCUT2D eigenvalue weighted by atomic mass is 15.2. The number of pyridine rings is 1. The normalized spacial score (nSPS) is 11.8. The predicted octanol–water partition coefficient (Wildman–Crippen LogP) is 2.65. The Kier molecular flexibility index (Phi) is 5.60. The summed E-state index contributed by atoms with van der Waals surface area (Å²) in [7, 11) is 5.85. The van der Waals surface area contributed by atoms with Crippen LogP contribution in [0.25, 0.3) is 12.2 Å². The third kappa shape index (κ3) is 4.98. The van der Waals surface area contributed by atoms with Gasteiger partial charge in [-0.15, -0.1) is 0 Å². The molecule has 2 aromatic rings. The maximum absolute atomic E-state index is 4.26. The summed E-state index contributed by atoms with van der Waals surface area (Å²) in [6, 6.07) is 4.15. The number of aromatic nitrogens is 3. The van der Waals surface area contributed by atoms with Crippen LogP contribution in [-0.2, 0) is 7.05 Å². The zero-order chi connectivity index (χ0) is 15.8. The summed E-state index contributed by atoms with van der Waals surface area (Å²) in [4.78, 5) is 10.4. The number of hydrogen-bond acceptors (Lipinski definition) is 3. The molecular weight excluding hydrogens is 272 g/mol. The fourth-order valence-electron chi connectivity index (χ4n) is 1.73. The van der Waals surface area contributed by atoms with Gasteiger partial charge in [-0.25, -0.2) is 14.5 Å². The Morgan fingerprint density at radius 3 is 1.95 bits per heavy atom. The van der Waals surface area contributed by atoms with Gasteiger partial charge in [-0.05, 0) is 5.56 Å². The van der Waals surface area contributed by atoms with Crippen molar-refractivity contribution in [2.75, 3.05) is 19.0 Å². The molecule has 2 rings (SSSR count). The molecule has 0 amide bonds. The largest absolute Gasteiger partial charge is 0.347 e. The van der Waals surface area contributed by atoms with Crippen molar-refractivity contribution >= 4 is 18.1 Å². The molecular formula is C18H21N4+. The smallest absolute Gasteiger partial charge is 0.224 e. The molecule has 0 unspecified atom stereocenters. The highest BCUT2D eigenvalue weighted by Gasteiger charge is 1.96. The number of hydrogen-bond donors (Lipinski definition) is 0. The highest BCUT2D eigenvalue weighted by Crippen LogP contribution is 2.04. The summed E-state index contributed by atoms with van der Waals surface area (Å²) in [6.07, 6.45) is 19.7. The second kappa shape index (κ2) is 7.88. The molecule has 0 fully saturated rings. The molecule has 112 valence electrons. The second-order valence-electron chi connectivity index (χ2n) is 5.11. The first kappa shape index (κ1) is 15.6. The first-order valence-electron chi connectivity index (χ1n) is 7.11. The minimum Gasteiger partial charge on any atom is -0.347 e. The van der Waals surface area contributed by atoms with Gasteiger partial charge in [0.15, 0.2) is 12.4 Å². The minimum atomic E-state index is 0.715. The summed E-state index contributed by atoms with van der Waals surface area (Å²) < 4.78 is 2.01. The summed E-state index contributed by atoms with van der Waals surface area (Å²) in [6.45, 7) is 0. The van der Waals surface area contributed by atoms with Gasteiger partial charge in [0.05, 0.1) is 0 Å². The monoisotopic (exact) mass is 293 g/mol. The summed E-state index contributed by atoms with van der Waals surface area (Å²) in [5, 5.41) is 0. The van der Waals surface area contributed by atoms with Crippen molar-refractivity contribution < 1.29 is 4.57 Å². The summed E-state index contributed by atoms with van der Waals surface area (Å²) in [5.74, 6) is 0.715. The van der Waals surface area contributed by atoms with Crippen molar-refractivity contribution in [1.29, 1.82) is 0 Å². The quantitative estimate of drug-likeness (QED) is 0.627. The topological polar surface area (TPSA) is 32.9 Å². The van der Waals surface area contributed by atoms with Gasteiger partial charge in [-0.1, -0.05) is 36.5 Å². The lowest BCUT2D eigenvalue weighted by molar-refractivity contribution is -0.671. The Morgan fingerprint density at radius 2 is 1.41 bits per heavy atom. The van der Waals surface area contributed by atoms with E-state index in [-0.39, 0.29) is 0 Å². The Balaban J connectivity index is 1.87. The number of aryl methyl sites for hydroxylation is 1. The second-order valence-corrected chi connectivity index (χ2v) is 5.11. The van der Waals surface area contributed by atoms with Gasteiger partial charge < -0.3 is 4.90 Å². The van der Waals surface area contributed by atoms with Gasteiger partial charge in [0.25, 0.3) is 0 Å². The van der Waals surface area contributed by atoms with Crippen molar-refractivity contribution in [3.8, 4) is 0 Å². The van der Waals surface area contributed by atoms with Crippen LogP contribution in [0.3, 0.4) is 0 Å². The third-order valence-electron chi connectivity index (χ3n) is 2.97. The molecule has 0 aliphatic rings. The van der Waals surface area contributed by atoms with Crippen LogP contribution in [0.1, 0.15) is 11.1 Å². The van der Waals surface area contributed by atoms with E-state index < -0.39 is 0 Å². The Bertz CT molecular complexity index is 665. The first-order valence-corrected chi connectivity index (χ1v) is 7.11. The number of anilines is 1. The van der Waals surface area contributed by atoms with Crippen molar-refractivity contribution in [2.45, 2.75) is 0 Å². The first-order chi connectivity index (χ1) is 10.6. The average molecular weight is 293 g/mol. The molecule has 0 saturated carbocycles. The van der Waals surface area contributed by atoms with E-state index >= 15 is 0 Å². The van der Waals surface area contributed by atoms with Crippen LogP contribution in [0.4, 0.5) is 5.95 Å². The van der Waals surface area contributed by atoms with Crippen molar-refractivity contribution in [1.82, 2.24) is 9.97 Å². The van der Waals surface area contributed by atoms with Crippen molar-refractivity contribution in [2.24, 2.45) is 7.05 Å². The van der Waals surface area contributed by atoms with Crippen LogP contribution in [0.2, 0.25) is 0 Å². The standard InChI is InChI=1S/C18H21N4/c1-21(2)18-19-14-17(15-20-18)9-7-5-4-6-8-16-10-12-22(3)13-11-16/h4-15H,1-3H3/q+1. The van der Waals surface area contributed by atoms with E-state index in [0.717, 1.165) is 5.56 Å². The molecule has 4 heteroatoms. The van der Waals surface area contributed by atoms with Crippen LogP contribution in [0, 0.1) is 0 Å². The van der Waals surface area contributed by atoms with Gasteiger partial charge in [-0.3, -0.25) is 0 Å². The lowest BCUT2D eigenvalue weighted by atomic mass is 10.2. The van der Waals surface area contributed by atoms with Crippen LogP contribution in [0.5, 0.6) is 0 Å². The van der Waals surface area contributed by atoms with E-state index in [4.69, 9.17) is 0 Å². The van der Waals surface area contributed by atoms with Gasteiger partial charge in [0, 0.05) is 44.2 Å². The molecule has 0 saturated heterocycles. The highest BCUT2D eigenvalue weighted by molar-refractivity contribution is 5.52. The number of rotatable bonds is 5. The number of allylic oxidation sites excluding steroid dienone is 4. The fraction of sp³-hybridized carbons (Fsp3) is 0.167.